The first-order valence-electron chi connectivity index (χ1n) is 6.60. The van der Waals surface area contributed by atoms with Crippen molar-refractivity contribution in [2.75, 3.05) is 19.4 Å². The molecule has 1 aromatic rings. The highest BCUT2D eigenvalue weighted by Crippen LogP contribution is 2.33. The Balaban J connectivity index is 2.38. The van der Waals surface area contributed by atoms with E-state index in [0.29, 0.717) is 6.42 Å². The third kappa shape index (κ3) is 2.96. The Morgan fingerprint density at radius 3 is 2.58 bits per heavy atom. The first-order valence-corrected chi connectivity index (χ1v) is 6.60. The lowest BCUT2D eigenvalue weighted by Crippen LogP contribution is -2.38. The summed E-state index contributed by atoms with van der Waals surface area (Å²) in [5.74, 6) is 0.0758. The van der Waals surface area contributed by atoms with E-state index in [1.807, 2.05) is 45.0 Å². The molecular weight excluding hydrogens is 240 g/mol. The van der Waals surface area contributed by atoms with Gasteiger partial charge in [-0.25, -0.2) is 0 Å². The van der Waals surface area contributed by atoms with E-state index in [-0.39, 0.29) is 11.9 Å². The van der Waals surface area contributed by atoms with Crippen molar-refractivity contribution in [3.8, 4) is 0 Å². The van der Waals surface area contributed by atoms with Crippen LogP contribution >= 0.6 is 0 Å². The van der Waals surface area contributed by atoms with Crippen molar-refractivity contribution in [2.45, 2.75) is 38.3 Å². The first kappa shape index (κ1) is 14.0. The maximum absolute atomic E-state index is 11.4. The highest BCUT2D eigenvalue weighted by Gasteiger charge is 2.31. The van der Waals surface area contributed by atoms with Gasteiger partial charge >= 0.3 is 0 Å². The molecule has 0 radical (unpaired) electrons. The standard InChI is InChI=1S/C15H22N2O2/c1-15(2,19)14(17(3)4)11-5-7-12-10(9-11)6-8-13(18)16-12/h5,7,9,14,19H,6,8H2,1-4H3,(H,16,18). The zero-order valence-electron chi connectivity index (χ0n) is 12.0. The van der Waals surface area contributed by atoms with Crippen LogP contribution in [0.1, 0.15) is 37.4 Å². The maximum atomic E-state index is 11.4. The molecule has 0 aliphatic carbocycles. The highest BCUT2D eigenvalue weighted by atomic mass is 16.3. The zero-order chi connectivity index (χ0) is 14.2. The number of rotatable bonds is 3. The number of nitrogens with one attached hydrogen (secondary N) is 1. The van der Waals surface area contributed by atoms with Gasteiger partial charge in [-0.3, -0.25) is 9.69 Å². The van der Waals surface area contributed by atoms with Crippen molar-refractivity contribution in [1.29, 1.82) is 0 Å². The van der Waals surface area contributed by atoms with Gasteiger partial charge in [0.25, 0.3) is 0 Å². The van der Waals surface area contributed by atoms with E-state index in [4.69, 9.17) is 0 Å². The van der Waals surface area contributed by atoms with Gasteiger partial charge in [0.2, 0.25) is 5.91 Å². The summed E-state index contributed by atoms with van der Waals surface area (Å²) in [5.41, 5.74) is 2.30. The van der Waals surface area contributed by atoms with Crippen molar-refractivity contribution in [3.05, 3.63) is 29.3 Å². The molecule has 1 amide bonds. The minimum Gasteiger partial charge on any atom is -0.388 e. The lowest BCUT2D eigenvalue weighted by atomic mass is 9.88. The number of hydrogen-bond donors (Lipinski definition) is 2. The third-order valence-corrected chi connectivity index (χ3v) is 3.53. The van der Waals surface area contributed by atoms with Crippen LogP contribution in [0.4, 0.5) is 5.69 Å². The third-order valence-electron chi connectivity index (χ3n) is 3.53. The van der Waals surface area contributed by atoms with Gasteiger partial charge < -0.3 is 10.4 Å². The number of benzene rings is 1. The normalized spacial score (nSPS) is 17.1. The predicted octanol–water partition coefficient (Wildman–Crippen LogP) is 1.94. The van der Waals surface area contributed by atoms with Crippen LogP contribution in [-0.2, 0) is 11.2 Å². The molecule has 1 atom stereocenters. The smallest absolute Gasteiger partial charge is 0.224 e. The topological polar surface area (TPSA) is 52.6 Å². The lowest BCUT2D eigenvalue weighted by molar-refractivity contribution is -0.116. The van der Waals surface area contributed by atoms with Crippen LogP contribution in [0, 0.1) is 0 Å². The molecule has 0 aromatic heterocycles. The number of fused-ring (bicyclic) bond motifs is 1. The molecule has 1 heterocycles. The molecule has 1 aromatic carbocycles. The van der Waals surface area contributed by atoms with Crippen LogP contribution in [0.3, 0.4) is 0 Å². The zero-order valence-corrected chi connectivity index (χ0v) is 12.0. The Kier molecular flexibility index (Phi) is 3.65. The molecule has 0 spiro atoms. The Hall–Kier alpha value is -1.39. The van der Waals surface area contributed by atoms with Crippen LogP contribution in [0.25, 0.3) is 0 Å². The lowest BCUT2D eigenvalue weighted by Gasteiger charge is -2.35. The molecule has 1 aliphatic heterocycles. The van der Waals surface area contributed by atoms with Gasteiger partial charge in [-0.15, -0.1) is 0 Å². The summed E-state index contributed by atoms with van der Waals surface area (Å²) >= 11 is 0. The molecule has 4 heteroatoms. The molecule has 1 unspecified atom stereocenters. The van der Waals surface area contributed by atoms with Crippen LogP contribution in [0.15, 0.2) is 18.2 Å². The van der Waals surface area contributed by atoms with Crippen LogP contribution < -0.4 is 5.32 Å². The van der Waals surface area contributed by atoms with Gasteiger partial charge in [-0.1, -0.05) is 12.1 Å². The number of aliphatic hydroxyl groups is 1. The molecule has 0 bridgehead atoms. The van der Waals surface area contributed by atoms with E-state index in [9.17, 15) is 9.90 Å². The van der Waals surface area contributed by atoms with Crippen molar-refractivity contribution >= 4 is 11.6 Å². The van der Waals surface area contributed by atoms with Gasteiger partial charge in [0.15, 0.2) is 0 Å². The summed E-state index contributed by atoms with van der Waals surface area (Å²) < 4.78 is 0. The molecule has 1 aliphatic rings. The summed E-state index contributed by atoms with van der Waals surface area (Å²) in [4.78, 5) is 13.4. The summed E-state index contributed by atoms with van der Waals surface area (Å²) in [7, 11) is 3.92. The summed E-state index contributed by atoms with van der Waals surface area (Å²) in [6, 6.07) is 5.93. The van der Waals surface area contributed by atoms with Crippen LogP contribution in [0.5, 0.6) is 0 Å². The molecule has 2 rings (SSSR count). The van der Waals surface area contributed by atoms with E-state index in [0.717, 1.165) is 23.2 Å². The minimum absolute atomic E-state index is 0.0737. The molecule has 0 fully saturated rings. The van der Waals surface area contributed by atoms with Gasteiger partial charge in [0.1, 0.15) is 0 Å². The van der Waals surface area contributed by atoms with E-state index >= 15 is 0 Å². The van der Waals surface area contributed by atoms with Crippen molar-refractivity contribution in [2.24, 2.45) is 0 Å². The molecule has 4 nitrogen and oxygen atoms in total. The van der Waals surface area contributed by atoms with Gasteiger partial charge in [0, 0.05) is 12.1 Å². The quantitative estimate of drug-likeness (QED) is 0.875. The monoisotopic (exact) mass is 262 g/mol. The molecule has 19 heavy (non-hydrogen) atoms. The predicted molar refractivity (Wildman–Crippen MR) is 76.1 cm³/mol. The molecule has 0 saturated heterocycles. The van der Waals surface area contributed by atoms with E-state index in [1.165, 1.54) is 0 Å². The van der Waals surface area contributed by atoms with Gasteiger partial charge in [0.05, 0.1) is 11.6 Å². The number of anilines is 1. The SMILES string of the molecule is CN(C)C(c1ccc2c(c1)CCC(=O)N2)C(C)(C)O. The Labute approximate surface area is 114 Å². The van der Waals surface area contributed by atoms with E-state index in [1.54, 1.807) is 0 Å². The molecule has 2 N–H and O–H groups in total. The van der Waals surface area contributed by atoms with Gasteiger partial charge in [-0.05, 0) is 51.6 Å². The highest BCUT2D eigenvalue weighted by molar-refractivity contribution is 5.93. The molecule has 0 saturated carbocycles. The number of likely N-dealkylation sites (N-methyl/N-ethyl adjacent to an activating group) is 1. The second kappa shape index (κ2) is 4.94. The number of amides is 1. The average Bonchev–Trinajstić information content (AvgIpc) is 2.27. The Morgan fingerprint density at radius 1 is 1.32 bits per heavy atom. The molecule has 104 valence electrons. The summed E-state index contributed by atoms with van der Waals surface area (Å²) in [6.45, 7) is 3.64. The fourth-order valence-corrected chi connectivity index (χ4v) is 2.91. The van der Waals surface area contributed by atoms with Crippen LogP contribution in [-0.4, -0.2) is 35.6 Å². The number of carbonyl (C=O) groups is 1. The van der Waals surface area contributed by atoms with Gasteiger partial charge in [-0.2, -0.15) is 0 Å². The average molecular weight is 262 g/mol. The second-order valence-corrected chi connectivity index (χ2v) is 5.98. The first-order chi connectivity index (χ1) is 8.79. The molecular formula is C15H22N2O2. The van der Waals surface area contributed by atoms with Crippen LogP contribution in [0.2, 0.25) is 0 Å². The summed E-state index contributed by atoms with van der Waals surface area (Å²) in [6.07, 6.45) is 1.30. The van der Waals surface area contributed by atoms with E-state index in [2.05, 4.69) is 11.4 Å². The number of hydrogen-bond acceptors (Lipinski definition) is 3. The number of aryl methyl sites for hydroxylation is 1. The number of carbonyl (C=O) groups excluding carboxylic acids is 1. The van der Waals surface area contributed by atoms with Crippen molar-refractivity contribution < 1.29 is 9.90 Å². The van der Waals surface area contributed by atoms with Crippen molar-refractivity contribution in [1.82, 2.24) is 4.90 Å². The largest absolute Gasteiger partial charge is 0.388 e. The maximum Gasteiger partial charge on any atom is 0.224 e. The van der Waals surface area contributed by atoms with Crippen molar-refractivity contribution in [3.63, 3.8) is 0 Å². The number of nitrogens with zero attached hydrogens (tertiary/aromatic N) is 1. The fourth-order valence-electron chi connectivity index (χ4n) is 2.91. The van der Waals surface area contributed by atoms with E-state index < -0.39 is 5.60 Å². The Bertz CT molecular complexity index is 489. The Morgan fingerprint density at radius 2 is 2.00 bits per heavy atom. The minimum atomic E-state index is -0.824. The second-order valence-electron chi connectivity index (χ2n) is 5.98. The fraction of sp³-hybridized carbons (Fsp3) is 0.533. The summed E-state index contributed by atoms with van der Waals surface area (Å²) in [5, 5.41) is 13.2.